The van der Waals surface area contributed by atoms with Crippen molar-refractivity contribution in [2.45, 2.75) is 28.4 Å². The van der Waals surface area contributed by atoms with E-state index in [-0.39, 0.29) is 13.2 Å². The molecule has 2 unspecified atom stereocenters. The van der Waals surface area contributed by atoms with Crippen molar-refractivity contribution in [3.63, 3.8) is 0 Å². The van der Waals surface area contributed by atoms with Crippen molar-refractivity contribution >= 4 is 47.0 Å². The van der Waals surface area contributed by atoms with E-state index in [2.05, 4.69) is 10.8 Å². The lowest BCUT2D eigenvalue weighted by atomic mass is 10.3. The average Bonchev–Trinajstić information content (AvgIpc) is 2.97. The van der Waals surface area contributed by atoms with E-state index in [1.807, 2.05) is 23.5 Å². The summed E-state index contributed by atoms with van der Waals surface area (Å²) in [5, 5.41) is 22.2. The summed E-state index contributed by atoms with van der Waals surface area (Å²) in [6.45, 7) is 0.374. The lowest BCUT2D eigenvalue weighted by molar-refractivity contribution is 0.339. The lowest BCUT2D eigenvalue weighted by Gasteiger charge is -2.11. The highest BCUT2D eigenvalue weighted by molar-refractivity contribution is 8.23. The van der Waals surface area contributed by atoms with Gasteiger partial charge in [0.2, 0.25) is 0 Å². The van der Waals surface area contributed by atoms with Crippen molar-refractivity contribution < 1.29 is 10.2 Å². The third kappa shape index (κ3) is 4.44. The first-order chi connectivity index (χ1) is 8.31. The largest absolute Gasteiger partial charge is 0.391 e. The molecule has 0 bridgehead atoms. The summed E-state index contributed by atoms with van der Waals surface area (Å²) < 4.78 is 1.19. The van der Waals surface area contributed by atoms with Crippen molar-refractivity contribution in [3.8, 4) is 0 Å². The molecular formula is C11H16O2S4. The van der Waals surface area contributed by atoms with Crippen LogP contribution < -0.4 is 0 Å². The second-order valence-corrected chi connectivity index (χ2v) is 9.19. The second kappa shape index (κ2) is 7.40. The van der Waals surface area contributed by atoms with Crippen LogP contribution >= 0.6 is 47.0 Å². The molecule has 0 aromatic rings. The van der Waals surface area contributed by atoms with Gasteiger partial charge >= 0.3 is 0 Å². The predicted octanol–water partition coefficient (Wildman–Crippen LogP) is 3.44. The molecule has 0 amide bonds. The number of aliphatic hydroxyl groups is 2. The van der Waals surface area contributed by atoms with Crippen LogP contribution in [0.15, 0.2) is 20.6 Å². The van der Waals surface area contributed by atoms with E-state index in [0.29, 0.717) is 9.16 Å². The van der Waals surface area contributed by atoms with Crippen LogP contribution in [0.4, 0.5) is 0 Å². The molecule has 0 fully saturated rings. The van der Waals surface area contributed by atoms with Gasteiger partial charge in [-0.2, -0.15) is 0 Å². The van der Waals surface area contributed by atoms with Crippen molar-refractivity contribution in [2.75, 3.05) is 13.2 Å². The minimum absolute atomic E-state index is 0.187. The Morgan fingerprint density at radius 1 is 0.882 bits per heavy atom. The Labute approximate surface area is 119 Å². The van der Waals surface area contributed by atoms with Crippen LogP contribution in [0.3, 0.4) is 0 Å². The van der Waals surface area contributed by atoms with Crippen LogP contribution in [0.5, 0.6) is 0 Å². The van der Waals surface area contributed by atoms with Gasteiger partial charge in [0.15, 0.2) is 0 Å². The Balaban J connectivity index is 1.56. The Morgan fingerprint density at radius 3 is 1.71 bits per heavy atom. The lowest BCUT2D eigenvalue weighted by Crippen LogP contribution is -1.98. The highest BCUT2D eigenvalue weighted by Gasteiger charge is 2.21. The highest BCUT2D eigenvalue weighted by atomic mass is 32.2. The van der Waals surface area contributed by atoms with Crippen molar-refractivity contribution in [1.82, 2.24) is 0 Å². The van der Waals surface area contributed by atoms with E-state index in [9.17, 15) is 0 Å². The van der Waals surface area contributed by atoms with Gasteiger partial charge in [-0.25, -0.2) is 0 Å². The minimum atomic E-state index is 0.187. The van der Waals surface area contributed by atoms with Gasteiger partial charge in [0.25, 0.3) is 0 Å². The van der Waals surface area contributed by atoms with Crippen LogP contribution in [-0.4, -0.2) is 32.6 Å². The molecule has 0 saturated heterocycles. The van der Waals surface area contributed by atoms with E-state index in [1.165, 1.54) is 19.3 Å². The fraction of sp³-hybridized carbons (Fsp3) is 0.636. The average molecular weight is 309 g/mol. The minimum Gasteiger partial charge on any atom is -0.391 e. The number of hydrogen-bond donors (Lipinski definition) is 2. The molecule has 0 spiro atoms. The fourth-order valence-corrected chi connectivity index (χ4v) is 6.66. The molecule has 96 valence electrons. The van der Waals surface area contributed by atoms with Crippen molar-refractivity contribution in [3.05, 3.63) is 20.6 Å². The molecule has 2 heterocycles. The van der Waals surface area contributed by atoms with Crippen LogP contribution in [0.1, 0.15) is 19.3 Å². The van der Waals surface area contributed by atoms with E-state index in [1.54, 1.807) is 23.5 Å². The Bertz CT molecular complexity index is 287. The summed E-state index contributed by atoms with van der Waals surface area (Å²) >= 11 is 7.29. The number of aliphatic hydroxyl groups excluding tert-OH is 2. The molecule has 6 heteroatoms. The monoisotopic (exact) mass is 308 g/mol. The van der Waals surface area contributed by atoms with Gasteiger partial charge in [0.05, 0.1) is 22.4 Å². The fourth-order valence-electron chi connectivity index (χ4n) is 1.61. The smallest absolute Gasteiger partial charge is 0.0746 e. The molecule has 2 atom stereocenters. The van der Waals surface area contributed by atoms with Gasteiger partial charge in [0.1, 0.15) is 0 Å². The van der Waals surface area contributed by atoms with E-state index < -0.39 is 0 Å². The first-order valence-corrected chi connectivity index (χ1v) is 9.20. The van der Waals surface area contributed by atoms with E-state index >= 15 is 0 Å². The van der Waals surface area contributed by atoms with Gasteiger partial charge < -0.3 is 10.2 Å². The molecule has 2 rings (SSSR count). The van der Waals surface area contributed by atoms with Gasteiger partial charge in [0, 0.05) is 9.81 Å². The molecule has 0 aliphatic carbocycles. The highest BCUT2D eigenvalue weighted by Crippen LogP contribution is 2.45. The van der Waals surface area contributed by atoms with E-state index in [4.69, 9.17) is 10.2 Å². The molecule has 2 N–H and O–H groups in total. The molecule has 2 aliphatic rings. The zero-order chi connectivity index (χ0) is 12.1. The Hall–Kier alpha value is 0.800. The molecule has 0 aromatic carbocycles. The molecule has 0 saturated carbocycles. The van der Waals surface area contributed by atoms with Crippen molar-refractivity contribution in [1.29, 1.82) is 0 Å². The Morgan fingerprint density at radius 2 is 1.35 bits per heavy atom. The van der Waals surface area contributed by atoms with Gasteiger partial charge in [-0.15, -0.1) is 47.0 Å². The zero-order valence-corrected chi connectivity index (χ0v) is 12.6. The number of rotatable bonds is 6. The molecule has 0 aromatic heterocycles. The van der Waals surface area contributed by atoms with Crippen LogP contribution in [0, 0.1) is 0 Å². The Kier molecular flexibility index (Phi) is 6.19. The van der Waals surface area contributed by atoms with Gasteiger partial charge in [-0.1, -0.05) is 0 Å². The topological polar surface area (TPSA) is 40.5 Å². The summed E-state index contributed by atoms with van der Waals surface area (Å²) in [6, 6.07) is 0. The summed E-state index contributed by atoms with van der Waals surface area (Å²) in [5.41, 5.74) is 0. The molecule has 2 nitrogen and oxygen atoms in total. The summed E-state index contributed by atoms with van der Waals surface area (Å²) in [6.07, 6.45) is 3.61. The van der Waals surface area contributed by atoms with Crippen molar-refractivity contribution in [2.24, 2.45) is 0 Å². The molecule has 0 radical (unpaired) electrons. The number of thioether (sulfide) groups is 4. The van der Waals surface area contributed by atoms with Crippen LogP contribution in [0.25, 0.3) is 0 Å². The normalized spacial score (nSPS) is 28.4. The molecule has 17 heavy (non-hydrogen) atoms. The predicted molar refractivity (Wildman–Crippen MR) is 82.1 cm³/mol. The van der Waals surface area contributed by atoms with Gasteiger partial charge in [-0.05, 0) is 30.1 Å². The quantitative estimate of drug-likeness (QED) is 0.783. The zero-order valence-electron chi connectivity index (χ0n) is 9.37. The van der Waals surface area contributed by atoms with E-state index in [0.717, 1.165) is 9.81 Å². The maximum Gasteiger partial charge on any atom is 0.0746 e. The molecular weight excluding hydrogens is 292 g/mol. The third-order valence-corrected chi connectivity index (χ3v) is 8.02. The standard InChI is InChI=1S/C11H16O2S4/c12-4-8-6-14-10(16-8)2-1-3-11-15-7-9(5-13)17-11/h6-7,10-13H,1-5H2. The summed E-state index contributed by atoms with van der Waals surface area (Å²) in [4.78, 5) is 2.21. The number of hydrogen-bond acceptors (Lipinski definition) is 6. The molecule has 2 aliphatic heterocycles. The summed E-state index contributed by atoms with van der Waals surface area (Å²) in [7, 11) is 0. The van der Waals surface area contributed by atoms with Gasteiger partial charge in [-0.3, -0.25) is 0 Å². The summed E-state index contributed by atoms with van der Waals surface area (Å²) in [5.74, 6) is 0. The maximum atomic E-state index is 9.00. The first-order valence-electron chi connectivity index (χ1n) is 5.56. The third-order valence-electron chi connectivity index (χ3n) is 2.46. The second-order valence-electron chi connectivity index (χ2n) is 3.78. The SMILES string of the molecule is OCC1=CSC(CCCC2SC=C(CO)S2)S1. The maximum absolute atomic E-state index is 9.00. The first kappa shape index (κ1) is 14.2. The van der Waals surface area contributed by atoms with Crippen LogP contribution in [0.2, 0.25) is 0 Å². The van der Waals surface area contributed by atoms with Crippen LogP contribution in [-0.2, 0) is 0 Å².